The van der Waals surface area contributed by atoms with Crippen molar-refractivity contribution in [2.45, 2.75) is 52.4 Å². The fourth-order valence-electron chi connectivity index (χ4n) is 3.10. The molecule has 0 spiro atoms. The summed E-state index contributed by atoms with van der Waals surface area (Å²) in [5, 5.41) is 1.28. The van der Waals surface area contributed by atoms with Gasteiger partial charge in [0.25, 0.3) is 0 Å². The van der Waals surface area contributed by atoms with E-state index < -0.39 is 0 Å². The highest BCUT2D eigenvalue weighted by Crippen LogP contribution is 2.38. The van der Waals surface area contributed by atoms with Crippen molar-refractivity contribution in [3.05, 3.63) is 15.6 Å². The van der Waals surface area contributed by atoms with E-state index in [0.29, 0.717) is 17.7 Å². The summed E-state index contributed by atoms with van der Waals surface area (Å²) >= 11 is 1.84. The molecule has 20 heavy (non-hydrogen) atoms. The summed E-state index contributed by atoms with van der Waals surface area (Å²) < 4.78 is 0. The van der Waals surface area contributed by atoms with Gasteiger partial charge in [-0.1, -0.05) is 6.92 Å². The van der Waals surface area contributed by atoms with E-state index in [2.05, 4.69) is 25.7 Å². The van der Waals surface area contributed by atoms with Crippen molar-refractivity contribution >= 4 is 17.2 Å². The van der Waals surface area contributed by atoms with Crippen molar-refractivity contribution in [2.24, 2.45) is 11.8 Å². The molecule has 0 radical (unpaired) electrons. The molecule has 1 aliphatic heterocycles. The third-order valence-corrected chi connectivity index (χ3v) is 6.15. The van der Waals surface area contributed by atoms with Gasteiger partial charge in [-0.15, -0.1) is 11.3 Å². The smallest absolute Gasteiger partial charge is 0.225 e. The second kappa shape index (κ2) is 5.47. The molecule has 1 atom stereocenters. The van der Waals surface area contributed by atoms with Gasteiger partial charge in [0.2, 0.25) is 5.91 Å². The van der Waals surface area contributed by atoms with Crippen molar-refractivity contribution in [1.29, 1.82) is 0 Å². The number of hydrogen-bond donors (Lipinski definition) is 0. The van der Waals surface area contributed by atoms with E-state index in [4.69, 9.17) is 4.98 Å². The highest BCUT2D eigenvalue weighted by molar-refractivity contribution is 7.11. The monoisotopic (exact) mass is 292 g/mol. The molecule has 1 aliphatic carbocycles. The van der Waals surface area contributed by atoms with E-state index in [1.807, 2.05) is 11.3 Å². The van der Waals surface area contributed by atoms with Crippen LogP contribution >= 0.6 is 11.3 Å². The van der Waals surface area contributed by atoms with Crippen LogP contribution in [0.25, 0.3) is 0 Å². The topological polar surface area (TPSA) is 33.2 Å². The molecule has 0 bridgehead atoms. The number of carbonyl (C=O) groups is 1. The Kier molecular flexibility index (Phi) is 3.85. The Labute approximate surface area is 125 Å². The Morgan fingerprint density at radius 3 is 2.40 bits per heavy atom. The average molecular weight is 292 g/mol. The van der Waals surface area contributed by atoms with E-state index >= 15 is 0 Å². The van der Waals surface area contributed by atoms with Crippen LogP contribution in [0.4, 0.5) is 0 Å². The predicted molar refractivity (Wildman–Crippen MR) is 82.0 cm³/mol. The highest BCUT2D eigenvalue weighted by atomic mass is 32.1. The molecule has 1 saturated carbocycles. The Balaban J connectivity index is 1.57. The Hall–Kier alpha value is -0.900. The van der Waals surface area contributed by atoms with Crippen molar-refractivity contribution in [3.63, 3.8) is 0 Å². The van der Waals surface area contributed by atoms with Gasteiger partial charge in [0.15, 0.2) is 0 Å². The molecular formula is C16H24N2OS. The lowest BCUT2D eigenvalue weighted by Crippen LogP contribution is -2.41. The molecular weight excluding hydrogens is 268 g/mol. The van der Waals surface area contributed by atoms with E-state index in [-0.39, 0.29) is 5.92 Å². The van der Waals surface area contributed by atoms with Crippen LogP contribution in [-0.2, 0) is 4.79 Å². The van der Waals surface area contributed by atoms with Crippen LogP contribution in [0.2, 0.25) is 0 Å². The standard InChI is InChI=1S/C16H24N2OS/c1-10(13-4-5-13)16(19)18-8-6-14(7-9-18)15-17-11(2)12(3)20-15/h10,13-14H,4-9H2,1-3H3. The van der Waals surface area contributed by atoms with Crippen LogP contribution in [0.3, 0.4) is 0 Å². The molecule has 3 rings (SSSR count). The molecule has 1 aromatic rings. The van der Waals surface area contributed by atoms with Gasteiger partial charge in [0, 0.05) is 29.8 Å². The minimum absolute atomic E-state index is 0.246. The highest BCUT2D eigenvalue weighted by Gasteiger charge is 2.36. The normalized spacial score (nSPS) is 22.1. The number of likely N-dealkylation sites (tertiary alicyclic amines) is 1. The summed E-state index contributed by atoms with van der Waals surface area (Å²) in [5.74, 6) is 1.87. The Bertz CT molecular complexity index is 479. The Morgan fingerprint density at radius 1 is 1.25 bits per heavy atom. The zero-order valence-electron chi connectivity index (χ0n) is 12.7. The minimum atomic E-state index is 0.246. The molecule has 3 nitrogen and oxygen atoms in total. The van der Waals surface area contributed by atoms with Crippen molar-refractivity contribution in [2.75, 3.05) is 13.1 Å². The van der Waals surface area contributed by atoms with Gasteiger partial charge in [-0.2, -0.15) is 0 Å². The molecule has 2 aliphatic rings. The third kappa shape index (κ3) is 2.76. The summed E-state index contributed by atoms with van der Waals surface area (Å²) in [6.07, 6.45) is 4.66. The largest absolute Gasteiger partial charge is 0.342 e. The lowest BCUT2D eigenvalue weighted by atomic mass is 9.95. The first-order valence-electron chi connectivity index (χ1n) is 7.79. The van der Waals surface area contributed by atoms with Gasteiger partial charge in [-0.25, -0.2) is 4.98 Å². The van der Waals surface area contributed by atoms with Gasteiger partial charge in [0.1, 0.15) is 0 Å². The number of hydrogen-bond acceptors (Lipinski definition) is 3. The maximum Gasteiger partial charge on any atom is 0.225 e. The van der Waals surface area contributed by atoms with Crippen LogP contribution in [0.15, 0.2) is 0 Å². The van der Waals surface area contributed by atoms with Gasteiger partial charge in [0.05, 0.1) is 10.7 Å². The molecule has 1 amide bonds. The van der Waals surface area contributed by atoms with Crippen molar-refractivity contribution in [3.8, 4) is 0 Å². The van der Waals surface area contributed by atoms with E-state index in [0.717, 1.165) is 25.9 Å². The zero-order chi connectivity index (χ0) is 14.3. The van der Waals surface area contributed by atoms with Gasteiger partial charge >= 0.3 is 0 Å². The maximum atomic E-state index is 12.4. The minimum Gasteiger partial charge on any atom is -0.342 e. The first kappa shape index (κ1) is 14.1. The first-order valence-corrected chi connectivity index (χ1v) is 8.60. The van der Waals surface area contributed by atoms with Crippen LogP contribution in [0.5, 0.6) is 0 Å². The van der Waals surface area contributed by atoms with E-state index in [1.165, 1.54) is 28.4 Å². The van der Waals surface area contributed by atoms with E-state index in [9.17, 15) is 4.79 Å². The molecule has 0 aromatic carbocycles. The van der Waals surface area contributed by atoms with Crippen molar-refractivity contribution < 1.29 is 4.79 Å². The van der Waals surface area contributed by atoms with Crippen LogP contribution < -0.4 is 0 Å². The second-order valence-corrected chi connectivity index (χ2v) is 7.65. The number of rotatable bonds is 3. The summed E-state index contributed by atoms with van der Waals surface area (Å²) in [5.41, 5.74) is 1.17. The summed E-state index contributed by atoms with van der Waals surface area (Å²) in [4.78, 5) is 20.5. The molecule has 2 fully saturated rings. The molecule has 4 heteroatoms. The fourth-order valence-corrected chi connectivity index (χ4v) is 4.20. The molecule has 1 saturated heterocycles. The van der Waals surface area contributed by atoms with Crippen LogP contribution in [-0.4, -0.2) is 28.9 Å². The predicted octanol–water partition coefficient (Wildman–Crippen LogP) is 3.51. The summed E-state index contributed by atoms with van der Waals surface area (Å²) in [6.45, 7) is 8.17. The molecule has 1 aromatic heterocycles. The third-order valence-electron chi connectivity index (χ3n) is 4.92. The van der Waals surface area contributed by atoms with Crippen LogP contribution in [0.1, 0.15) is 54.1 Å². The number of carbonyl (C=O) groups excluding carboxylic acids is 1. The molecule has 0 N–H and O–H groups in total. The first-order chi connectivity index (χ1) is 9.56. The molecule has 110 valence electrons. The second-order valence-electron chi connectivity index (χ2n) is 6.42. The van der Waals surface area contributed by atoms with Gasteiger partial charge < -0.3 is 4.90 Å². The van der Waals surface area contributed by atoms with Gasteiger partial charge in [-0.3, -0.25) is 4.79 Å². The summed E-state index contributed by atoms with van der Waals surface area (Å²) in [7, 11) is 0. The number of piperidine rings is 1. The van der Waals surface area contributed by atoms with Crippen LogP contribution in [0, 0.1) is 25.7 Å². The fraction of sp³-hybridized carbons (Fsp3) is 0.750. The van der Waals surface area contributed by atoms with E-state index in [1.54, 1.807) is 0 Å². The lowest BCUT2D eigenvalue weighted by molar-refractivity contribution is -0.136. The van der Waals surface area contributed by atoms with Crippen molar-refractivity contribution in [1.82, 2.24) is 9.88 Å². The SMILES string of the molecule is Cc1nc(C2CCN(C(=O)C(C)C3CC3)CC2)sc1C. The Morgan fingerprint density at radius 2 is 1.90 bits per heavy atom. The number of amides is 1. The number of aromatic nitrogens is 1. The quantitative estimate of drug-likeness (QED) is 0.854. The number of aryl methyl sites for hydroxylation is 2. The zero-order valence-corrected chi connectivity index (χ0v) is 13.5. The summed E-state index contributed by atoms with van der Waals surface area (Å²) in [6, 6.07) is 0. The molecule has 1 unspecified atom stereocenters. The number of nitrogens with zero attached hydrogens (tertiary/aromatic N) is 2. The lowest BCUT2D eigenvalue weighted by Gasteiger charge is -2.33. The number of thiazole rings is 1. The molecule has 2 heterocycles. The maximum absolute atomic E-state index is 12.4. The van der Waals surface area contributed by atoms with Gasteiger partial charge in [-0.05, 0) is 45.4 Å². The average Bonchev–Trinajstić information content (AvgIpc) is 3.24.